The predicted molar refractivity (Wildman–Crippen MR) is 129 cm³/mol. The van der Waals surface area contributed by atoms with Crippen molar-refractivity contribution in [2.75, 3.05) is 34.4 Å². The quantitative estimate of drug-likeness (QED) is 0.286. The molecule has 0 unspecified atom stereocenters. The van der Waals surface area contributed by atoms with Crippen LogP contribution < -0.4 is 24.8 Å². The van der Waals surface area contributed by atoms with Crippen LogP contribution in [0.3, 0.4) is 0 Å². The van der Waals surface area contributed by atoms with Gasteiger partial charge in [0.25, 0.3) is 0 Å². The number of para-hydroxylation sites is 1. The average Bonchev–Trinajstić information content (AvgIpc) is 2.75. The lowest BCUT2D eigenvalue weighted by atomic mass is 10.1. The van der Waals surface area contributed by atoms with E-state index >= 15 is 0 Å². The van der Waals surface area contributed by atoms with Crippen LogP contribution in [-0.2, 0) is 13.0 Å². The van der Waals surface area contributed by atoms with Crippen molar-refractivity contribution in [3.05, 3.63) is 53.6 Å². The van der Waals surface area contributed by atoms with Crippen molar-refractivity contribution >= 4 is 29.9 Å². The first-order valence-corrected chi connectivity index (χ1v) is 9.58. The number of hydrogen-bond acceptors (Lipinski definition) is 4. The Labute approximate surface area is 191 Å². The molecule has 0 aromatic heterocycles. The van der Waals surface area contributed by atoms with Crippen LogP contribution >= 0.6 is 24.0 Å². The molecule has 0 saturated carbocycles. The monoisotopic (exact) mass is 513 g/mol. The summed E-state index contributed by atoms with van der Waals surface area (Å²) in [4.78, 5) is 4.28. The molecule has 0 fully saturated rings. The van der Waals surface area contributed by atoms with Gasteiger partial charge in [-0.1, -0.05) is 31.2 Å². The number of aliphatic imine (C=N–C) groups is 1. The van der Waals surface area contributed by atoms with Crippen molar-refractivity contribution in [1.82, 2.24) is 10.6 Å². The Balaban J connectivity index is 0.00000420. The van der Waals surface area contributed by atoms with Gasteiger partial charge in [-0.15, -0.1) is 24.0 Å². The van der Waals surface area contributed by atoms with Crippen LogP contribution in [0.2, 0.25) is 0 Å². The molecule has 0 spiro atoms. The third kappa shape index (κ3) is 8.00. The van der Waals surface area contributed by atoms with E-state index in [9.17, 15) is 0 Å². The zero-order valence-electron chi connectivity index (χ0n) is 17.7. The number of ether oxygens (including phenoxy) is 3. The molecule has 29 heavy (non-hydrogen) atoms. The van der Waals surface area contributed by atoms with Crippen molar-refractivity contribution in [1.29, 1.82) is 0 Å². The standard InChI is InChI=1S/C22H31N3O3.HI/c1-5-14-28-20-11-10-17(15-21(20)27-4)16-25-22(23-2)24-13-12-18-8-6-7-9-19(18)26-3;/h6-11,15H,5,12-14,16H2,1-4H3,(H2,23,24,25);1H. The Kier molecular flexibility index (Phi) is 11.9. The minimum atomic E-state index is 0. The van der Waals surface area contributed by atoms with E-state index in [2.05, 4.69) is 28.6 Å². The number of halogens is 1. The zero-order chi connectivity index (χ0) is 20.2. The molecule has 0 radical (unpaired) electrons. The molecule has 0 aliphatic rings. The van der Waals surface area contributed by atoms with Crippen LogP contribution in [0.1, 0.15) is 24.5 Å². The molecule has 0 aliphatic carbocycles. The molecule has 0 saturated heterocycles. The van der Waals surface area contributed by atoms with E-state index in [-0.39, 0.29) is 24.0 Å². The maximum Gasteiger partial charge on any atom is 0.191 e. The first-order chi connectivity index (χ1) is 13.7. The summed E-state index contributed by atoms with van der Waals surface area (Å²) in [5.41, 5.74) is 2.26. The van der Waals surface area contributed by atoms with Crippen LogP contribution in [0.4, 0.5) is 0 Å². The van der Waals surface area contributed by atoms with E-state index in [1.54, 1.807) is 21.3 Å². The van der Waals surface area contributed by atoms with Gasteiger partial charge in [-0.3, -0.25) is 4.99 Å². The topological polar surface area (TPSA) is 64.1 Å². The second-order valence-corrected chi connectivity index (χ2v) is 6.25. The Hall–Kier alpha value is -2.16. The van der Waals surface area contributed by atoms with E-state index in [1.807, 2.05) is 36.4 Å². The van der Waals surface area contributed by atoms with Gasteiger partial charge in [-0.2, -0.15) is 0 Å². The van der Waals surface area contributed by atoms with Gasteiger partial charge >= 0.3 is 0 Å². The molecule has 6 nitrogen and oxygen atoms in total. The first kappa shape index (κ1) is 24.9. The van der Waals surface area contributed by atoms with E-state index in [1.165, 1.54) is 5.56 Å². The molecule has 0 atom stereocenters. The Morgan fingerprint density at radius 2 is 1.72 bits per heavy atom. The van der Waals surface area contributed by atoms with E-state index in [4.69, 9.17) is 14.2 Å². The molecule has 7 heteroatoms. The molecule has 0 heterocycles. The minimum Gasteiger partial charge on any atom is -0.496 e. The van der Waals surface area contributed by atoms with Gasteiger partial charge in [0.1, 0.15) is 5.75 Å². The smallest absolute Gasteiger partial charge is 0.191 e. The summed E-state index contributed by atoms with van der Waals surface area (Å²) in [7, 11) is 5.12. The van der Waals surface area contributed by atoms with Gasteiger partial charge in [-0.25, -0.2) is 0 Å². The van der Waals surface area contributed by atoms with Crippen molar-refractivity contribution < 1.29 is 14.2 Å². The van der Waals surface area contributed by atoms with Crippen LogP contribution in [0.5, 0.6) is 17.2 Å². The van der Waals surface area contributed by atoms with Crippen molar-refractivity contribution in [2.24, 2.45) is 4.99 Å². The summed E-state index contributed by atoms with van der Waals surface area (Å²) < 4.78 is 16.5. The molecule has 0 bridgehead atoms. The Morgan fingerprint density at radius 3 is 2.41 bits per heavy atom. The molecule has 2 N–H and O–H groups in total. The summed E-state index contributed by atoms with van der Waals surface area (Å²) in [6.07, 6.45) is 1.81. The zero-order valence-corrected chi connectivity index (χ0v) is 20.0. The highest BCUT2D eigenvalue weighted by Crippen LogP contribution is 2.28. The maximum atomic E-state index is 5.70. The fraction of sp³-hybridized carbons (Fsp3) is 0.409. The fourth-order valence-corrected chi connectivity index (χ4v) is 2.78. The molecule has 2 rings (SSSR count). The van der Waals surface area contributed by atoms with Gasteiger partial charge in [0, 0.05) is 20.1 Å². The highest BCUT2D eigenvalue weighted by Gasteiger charge is 2.07. The molecular weight excluding hydrogens is 481 g/mol. The summed E-state index contributed by atoms with van der Waals surface area (Å²) >= 11 is 0. The van der Waals surface area contributed by atoms with E-state index in [0.717, 1.165) is 48.2 Å². The highest BCUT2D eigenvalue weighted by atomic mass is 127. The van der Waals surface area contributed by atoms with Crippen LogP contribution in [0, 0.1) is 0 Å². The molecule has 2 aromatic rings. The van der Waals surface area contributed by atoms with E-state index in [0.29, 0.717) is 13.2 Å². The predicted octanol–water partition coefficient (Wildman–Crippen LogP) is 4.02. The maximum absolute atomic E-state index is 5.70. The number of methoxy groups -OCH3 is 2. The van der Waals surface area contributed by atoms with Crippen LogP contribution in [0.25, 0.3) is 0 Å². The largest absolute Gasteiger partial charge is 0.496 e. The van der Waals surface area contributed by atoms with Gasteiger partial charge in [0.15, 0.2) is 17.5 Å². The molecule has 160 valence electrons. The third-order valence-corrected chi connectivity index (χ3v) is 4.25. The third-order valence-electron chi connectivity index (χ3n) is 4.25. The Bertz CT molecular complexity index is 769. The average molecular weight is 513 g/mol. The van der Waals surface area contributed by atoms with Crippen molar-refractivity contribution in [3.63, 3.8) is 0 Å². The number of benzene rings is 2. The summed E-state index contributed by atoms with van der Waals surface area (Å²) in [5.74, 6) is 3.17. The molecule has 0 amide bonds. The lowest BCUT2D eigenvalue weighted by molar-refractivity contribution is 0.294. The number of guanidine groups is 1. The number of hydrogen-bond donors (Lipinski definition) is 2. The fourth-order valence-electron chi connectivity index (χ4n) is 2.78. The number of nitrogens with one attached hydrogen (secondary N) is 2. The molecular formula is C22H32IN3O3. The number of nitrogens with zero attached hydrogens (tertiary/aromatic N) is 1. The highest BCUT2D eigenvalue weighted by molar-refractivity contribution is 14.0. The Morgan fingerprint density at radius 1 is 0.966 bits per heavy atom. The van der Waals surface area contributed by atoms with Gasteiger partial charge in [0.2, 0.25) is 0 Å². The minimum absolute atomic E-state index is 0. The first-order valence-electron chi connectivity index (χ1n) is 9.58. The summed E-state index contributed by atoms with van der Waals surface area (Å²) in [5, 5.41) is 6.66. The number of rotatable bonds is 10. The summed E-state index contributed by atoms with van der Waals surface area (Å²) in [6.45, 7) is 4.15. The van der Waals surface area contributed by atoms with Gasteiger partial charge in [-0.05, 0) is 42.2 Å². The molecule has 0 aliphatic heterocycles. The summed E-state index contributed by atoms with van der Waals surface area (Å²) in [6, 6.07) is 14.0. The second kappa shape index (κ2) is 13.9. The second-order valence-electron chi connectivity index (χ2n) is 6.25. The lowest BCUT2D eigenvalue weighted by Gasteiger charge is -2.15. The lowest BCUT2D eigenvalue weighted by Crippen LogP contribution is -2.37. The van der Waals surface area contributed by atoms with Gasteiger partial charge in [0.05, 0.1) is 20.8 Å². The normalized spacial score (nSPS) is 10.7. The SMILES string of the molecule is CCCOc1ccc(CNC(=NC)NCCc2ccccc2OC)cc1OC.I. The molecule has 2 aromatic carbocycles. The van der Waals surface area contributed by atoms with Crippen molar-refractivity contribution in [2.45, 2.75) is 26.3 Å². The van der Waals surface area contributed by atoms with E-state index < -0.39 is 0 Å². The van der Waals surface area contributed by atoms with Crippen molar-refractivity contribution in [3.8, 4) is 17.2 Å². The van der Waals surface area contributed by atoms with Crippen LogP contribution in [0.15, 0.2) is 47.5 Å². The van der Waals surface area contributed by atoms with Crippen LogP contribution in [-0.4, -0.2) is 40.4 Å². The van der Waals surface area contributed by atoms with Gasteiger partial charge < -0.3 is 24.8 Å².